The van der Waals surface area contributed by atoms with E-state index in [-0.39, 0.29) is 17.7 Å². The molecule has 0 radical (unpaired) electrons. The smallest absolute Gasteiger partial charge is 0.327 e. The van der Waals surface area contributed by atoms with Crippen LogP contribution in [0.4, 0.5) is 0 Å². The topological polar surface area (TPSA) is 74.7 Å². The van der Waals surface area contributed by atoms with Crippen molar-refractivity contribution in [3.05, 3.63) is 0 Å². The molecule has 0 aromatic carbocycles. The molecule has 1 aliphatic heterocycles. The van der Waals surface area contributed by atoms with E-state index in [4.69, 9.17) is 0 Å². The SMILES string of the molecule is CCC(C)C(C(=O)O)N1C(=O)C(C)C(C)C1=O. The first-order chi connectivity index (χ1) is 7.82. The van der Waals surface area contributed by atoms with Gasteiger partial charge < -0.3 is 5.11 Å². The van der Waals surface area contributed by atoms with Crippen LogP contribution in [0.1, 0.15) is 34.1 Å². The number of hydrogen-bond donors (Lipinski definition) is 1. The third kappa shape index (κ3) is 2.18. The number of hydrogen-bond acceptors (Lipinski definition) is 3. The lowest BCUT2D eigenvalue weighted by atomic mass is 9.98. The van der Waals surface area contributed by atoms with Crippen LogP contribution in [0.5, 0.6) is 0 Å². The molecular weight excluding hydrogens is 222 g/mol. The Balaban J connectivity index is 3.08. The van der Waals surface area contributed by atoms with Gasteiger partial charge in [0.25, 0.3) is 0 Å². The van der Waals surface area contributed by atoms with E-state index >= 15 is 0 Å². The molecule has 1 rings (SSSR count). The minimum absolute atomic E-state index is 0.238. The minimum atomic E-state index is -1.11. The van der Waals surface area contributed by atoms with Gasteiger partial charge >= 0.3 is 5.97 Å². The van der Waals surface area contributed by atoms with Crippen LogP contribution < -0.4 is 0 Å². The van der Waals surface area contributed by atoms with Crippen LogP contribution in [-0.4, -0.2) is 33.8 Å². The molecule has 2 amide bonds. The predicted octanol–water partition coefficient (Wildman–Crippen LogP) is 1.13. The molecule has 5 heteroatoms. The second-order valence-corrected chi connectivity index (χ2v) is 4.79. The number of likely N-dealkylation sites (tertiary alicyclic amines) is 1. The maximum atomic E-state index is 11.9. The molecule has 96 valence electrons. The molecular formula is C12H19NO4. The van der Waals surface area contributed by atoms with Gasteiger partial charge in [-0.2, -0.15) is 0 Å². The lowest BCUT2D eigenvalue weighted by molar-refractivity contribution is -0.157. The highest BCUT2D eigenvalue weighted by Gasteiger charge is 2.48. The first kappa shape index (κ1) is 13.7. The van der Waals surface area contributed by atoms with Crippen molar-refractivity contribution in [3.63, 3.8) is 0 Å². The molecule has 1 aliphatic rings. The summed E-state index contributed by atoms with van der Waals surface area (Å²) in [6, 6.07) is -1.03. The average Bonchev–Trinajstić information content (AvgIpc) is 2.46. The lowest BCUT2D eigenvalue weighted by Crippen LogP contribution is -2.48. The van der Waals surface area contributed by atoms with E-state index in [1.54, 1.807) is 20.8 Å². The van der Waals surface area contributed by atoms with E-state index in [9.17, 15) is 19.5 Å². The van der Waals surface area contributed by atoms with E-state index in [0.29, 0.717) is 6.42 Å². The summed E-state index contributed by atoms with van der Waals surface area (Å²) < 4.78 is 0. The van der Waals surface area contributed by atoms with Gasteiger partial charge in [-0.1, -0.05) is 34.1 Å². The fourth-order valence-corrected chi connectivity index (χ4v) is 2.08. The summed E-state index contributed by atoms with van der Waals surface area (Å²) in [5, 5.41) is 9.20. The van der Waals surface area contributed by atoms with Gasteiger partial charge in [-0.3, -0.25) is 14.5 Å². The monoisotopic (exact) mass is 241 g/mol. The number of nitrogens with zero attached hydrogens (tertiary/aromatic N) is 1. The van der Waals surface area contributed by atoms with Gasteiger partial charge in [0.2, 0.25) is 11.8 Å². The first-order valence-corrected chi connectivity index (χ1v) is 5.92. The zero-order valence-corrected chi connectivity index (χ0v) is 10.6. The quantitative estimate of drug-likeness (QED) is 0.748. The number of carboxylic acid groups (broad SMARTS) is 1. The highest BCUT2D eigenvalue weighted by atomic mass is 16.4. The van der Waals surface area contributed by atoms with Gasteiger partial charge in [0.15, 0.2) is 0 Å². The number of carbonyl (C=O) groups excluding carboxylic acids is 2. The van der Waals surface area contributed by atoms with Crippen LogP contribution in [-0.2, 0) is 14.4 Å². The van der Waals surface area contributed by atoms with Gasteiger partial charge in [0, 0.05) is 11.8 Å². The first-order valence-electron chi connectivity index (χ1n) is 5.92. The Hall–Kier alpha value is -1.39. The summed E-state index contributed by atoms with van der Waals surface area (Å²) in [6.45, 7) is 6.92. The number of imide groups is 1. The van der Waals surface area contributed by atoms with E-state index < -0.39 is 23.8 Å². The van der Waals surface area contributed by atoms with Crippen LogP contribution in [0.2, 0.25) is 0 Å². The summed E-state index contributed by atoms with van der Waals surface area (Å²) >= 11 is 0. The zero-order valence-electron chi connectivity index (χ0n) is 10.6. The number of aliphatic carboxylic acids is 1. The van der Waals surface area contributed by atoms with Crippen LogP contribution >= 0.6 is 0 Å². The molecule has 4 atom stereocenters. The third-order valence-corrected chi connectivity index (χ3v) is 3.72. The number of amides is 2. The number of carbonyl (C=O) groups is 3. The molecule has 1 saturated heterocycles. The third-order valence-electron chi connectivity index (χ3n) is 3.72. The van der Waals surface area contributed by atoms with Crippen molar-refractivity contribution in [2.24, 2.45) is 17.8 Å². The van der Waals surface area contributed by atoms with Gasteiger partial charge in [-0.25, -0.2) is 4.79 Å². The molecule has 5 nitrogen and oxygen atoms in total. The Morgan fingerprint density at radius 3 is 2.00 bits per heavy atom. The molecule has 17 heavy (non-hydrogen) atoms. The summed E-state index contributed by atoms with van der Waals surface area (Å²) in [6.07, 6.45) is 0.608. The average molecular weight is 241 g/mol. The Morgan fingerprint density at radius 1 is 1.29 bits per heavy atom. The molecule has 1 heterocycles. The van der Waals surface area contributed by atoms with E-state index in [1.165, 1.54) is 0 Å². The fraction of sp³-hybridized carbons (Fsp3) is 0.750. The summed E-state index contributed by atoms with van der Waals surface area (Å²) in [7, 11) is 0. The van der Waals surface area contributed by atoms with Crippen molar-refractivity contribution >= 4 is 17.8 Å². The van der Waals surface area contributed by atoms with Gasteiger partial charge in [0.05, 0.1) is 0 Å². The van der Waals surface area contributed by atoms with E-state index in [0.717, 1.165) is 4.90 Å². The Morgan fingerprint density at radius 2 is 1.71 bits per heavy atom. The highest BCUT2D eigenvalue weighted by molar-refractivity contribution is 6.07. The van der Waals surface area contributed by atoms with Gasteiger partial charge in [-0.15, -0.1) is 0 Å². The molecule has 0 aromatic rings. The van der Waals surface area contributed by atoms with Crippen molar-refractivity contribution in [1.82, 2.24) is 4.90 Å². The normalized spacial score (nSPS) is 28.4. The van der Waals surface area contributed by atoms with Crippen molar-refractivity contribution in [2.75, 3.05) is 0 Å². The van der Waals surface area contributed by atoms with Crippen molar-refractivity contribution in [2.45, 2.75) is 40.2 Å². The van der Waals surface area contributed by atoms with Crippen LogP contribution in [0.3, 0.4) is 0 Å². The second-order valence-electron chi connectivity index (χ2n) is 4.79. The maximum Gasteiger partial charge on any atom is 0.327 e. The van der Waals surface area contributed by atoms with Crippen LogP contribution in [0, 0.1) is 17.8 Å². The largest absolute Gasteiger partial charge is 0.480 e. The Labute approximate surface area is 101 Å². The zero-order chi connectivity index (χ0) is 13.3. The Kier molecular flexibility index (Phi) is 3.91. The van der Waals surface area contributed by atoms with E-state index in [2.05, 4.69) is 0 Å². The molecule has 0 aliphatic carbocycles. The molecule has 0 aromatic heterocycles. The van der Waals surface area contributed by atoms with Crippen molar-refractivity contribution < 1.29 is 19.5 Å². The van der Waals surface area contributed by atoms with Crippen LogP contribution in [0.25, 0.3) is 0 Å². The van der Waals surface area contributed by atoms with E-state index in [1.807, 2.05) is 6.92 Å². The highest BCUT2D eigenvalue weighted by Crippen LogP contribution is 2.30. The molecule has 0 bridgehead atoms. The maximum absolute atomic E-state index is 11.9. The van der Waals surface area contributed by atoms with Crippen LogP contribution in [0.15, 0.2) is 0 Å². The Bertz CT molecular complexity index is 332. The number of carboxylic acids is 1. The van der Waals surface area contributed by atoms with Crippen molar-refractivity contribution in [1.29, 1.82) is 0 Å². The lowest BCUT2D eigenvalue weighted by Gasteiger charge is -2.27. The summed E-state index contributed by atoms with van der Waals surface area (Å²) in [5.74, 6) is -2.92. The van der Waals surface area contributed by atoms with Gasteiger partial charge in [0.1, 0.15) is 6.04 Å². The summed E-state index contributed by atoms with van der Waals surface area (Å²) in [5.41, 5.74) is 0. The standard InChI is InChI=1S/C12H19NO4/c1-5-6(2)9(12(16)17)13-10(14)7(3)8(4)11(13)15/h6-9H,5H2,1-4H3,(H,16,17). The minimum Gasteiger partial charge on any atom is -0.480 e. The molecule has 0 saturated carbocycles. The molecule has 1 N–H and O–H groups in total. The molecule has 4 unspecified atom stereocenters. The fourth-order valence-electron chi connectivity index (χ4n) is 2.08. The molecule has 1 fully saturated rings. The predicted molar refractivity (Wildman–Crippen MR) is 61.1 cm³/mol. The van der Waals surface area contributed by atoms with Gasteiger partial charge in [-0.05, 0) is 5.92 Å². The molecule has 0 spiro atoms. The van der Waals surface area contributed by atoms with Crippen molar-refractivity contribution in [3.8, 4) is 0 Å². The summed E-state index contributed by atoms with van der Waals surface area (Å²) in [4.78, 5) is 36.1. The number of rotatable bonds is 4. The second kappa shape index (κ2) is 4.85.